The van der Waals surface area contributed by atoms with Crippen molar-refractivity contribution in [2.75, 3.05) is 19.8 Å². The molecule has 114 valence electrons. The number of hydrogen-bond donors (Lipinski definition) is 3. The number of nitrogens with zero attached hydrogens (tertiary/aromatic N) is 2. The standard InChI is InChI=1S/C9H16N4O4S3/c1-12(8(18)6-3-4-6)10-7(14)5-20(16,17)11-13(2)9(15)19/h6,11H,3-5H2,1-2H3,(H,10,14)(H,15,19). The summed E-state index contributed by atoms with van der Waals surface area (Å²) >= 11 is 8.55. The molecule has 0 spiro atoms. The summed E-state index contributed by atoms with van der Waals surface area (Å²) in [5.74, 6) is -1.29. The molecule has 0 atom stereocenters. The third-order valence-electron chi connectivity index (χ3n) is 2.43. The van der Waals surface area contributed by atoms with Crippen molar-refractivity contribution in [2.24, 2.45) is 5.92 Å². The highest BCUT2D eigenvalue weighted by atomic mass is 32.2. The highest BCUT2D eigenvalue weighted by Crippen LogP contribution is 2.31. The van der Waals surface area contributed by atoms with Gasteiger partial charge in [0.15, 0.2) is 0 Å². The van der Waals surface area contributed by atoms with Gasteiger partial charge in [0.05, 0.1) is 4.99 Å². The second kappa shape index (κ2) is 6.70. The van der Waals surface area contributed by atoms with Crippen molar-refractivity contribution in [1.82, 2.24) is 20.3 Å². The minimum Gasteiger partial charge on any atom is -0.282 e. The maximum Gasteiger partial charge on any atom is 0.293 e. The molecule has 0 aromatic heterocycles. The van der Waals surface area contributed by atoms with Crippen LogP contribution in [0.5, 0.6) is 0 Å². The summed E-state index contributed by atoms with van der Waals surface area (Å²) in [6.07, 6.45) is 1.96. The molecule has 1 aliphatic carbocycles. The first kappa shape index (κ1) is 17.1. The zero-order valence-electron chi connectivity index (χ0n) is 11.0. The molecule has 1 rings (SSSR count). The SMILES string of the molecule is CN(NS(=O)(=O)CC(=O)NN(C)C(=S)C1CC1)C(=O)S. The third-order valence-corrected chi connectivity index (χ3v) is 4.54. The van der Waals surface area contributed by atoms with E-state index in [0.717, 1.165) is 12.8 Å². The Labute approximate surface area is 128 Å². The highest BCUT2D eigenvalue weighted by Gasteiger charge is 2.29. The van der Waals surface area contributed by atoms with Crippen molar-refractivity contribution < 1.29 is 18.0 Å². The van der Waals surface area contributed by atoms with E-state index in [0.29, 0.717) is 10.00 Å². The normalized spacial score (nSPS) is 14.6. The van der Waals surface area contributed by atoms with Crippen molar-refractivity contribution in [3.63, 3.8) is 0 Å². The zero-order valence-corrected chi connectivity index (χ0v) is 13.5. The van der Waals surface area contributed by atoms with Gasteiger partial charge in [-0.2, -0.15) is 0 Å². The minimum atomic E-state index is -3.98. The molecule has 0 unspecified atom stereocenters. The second-order valence-corrected chi connectivity index (χ2v) is 6.90. The lowest BCUT2D eigenvalue weighted by atomic mass is 10.4. The van der Waals surface area contributed by atoms with Crippen LogP contribution in [0.2, 0.25) is 0 Å². The van der Waals surface area contributed by atoms with Crippen LogP contribution in [0.1, 0.15) is 12.8 Å². The fraction of sp³-hybridized carbons (Fsp3) is 0.667. The lowest BCUT2D eigenvalue weighted by molar-refractivity contribution is -0.121. The van der Waals surface area contributed by atoms with E-state index in [9.17, 15) is 18.0 Å². The number of thiocarbonyl (C=S) groups is 1. The van der Waals surface area contributed by atoms with Crippen LogP contribution in [0.3, 0.4) is 0 Å². The van der Waals surface area contributed by atoms with E-state index in [-0.39, 0.29) is 5.92 Å². The molecule has 2 amide bonds. The number of carbonyl (C=O) groups excluding carboxylic acids is 2. The van der Waals surface area contributed by atoms with E-state index in [1.54, 1.807) is 7.05 Å². The Hall–Kier alpha value is -0.910. The molecule has 8 nitrogen and oxygen atoms in total. The van der Waals surface area contributed by atoms with E-state index in [1.165, 1.54) is 12.1 Å². The molecular weight excluding hydrogens is 324 g/mol. The molecule has 0 aromatic carbocycles. The summed E-state index contributed by atoms with van der Waals surface area (Å²) in [6.45, 7) is 0. The van der Waals surface area contributed by atoms with Crippen molar-refractivity contribution in [1.29, 1.82) is 0 Å². The van der Waals surface area contributed by atoms with Crippen LogP contribution < -0.4 is 10.3 Å². The monoisotopic (exact) mass is 340 g/mol. The molecular formula is C9H16N4O4S3. The third kappa shape index (κ3) is 5.61. The zero-order chi connectivity index (χ0) is 15.5. The molecule has 1 saturated carbocycles. The highest BCUT2D eigenvalue weighted by molar-refractivity contribution is 7.96. The van der Waals surface area contributed by atoms with Gasteiger partial charge in [0.2, 0.25) is 10.0 Å². The molecule has 11 heteroatoms. The Morgan fingerprint density at radius 3 is 2.30 bits per heavy atom. The number of carbonyl (C=O) groups is 2. The van der Waals surface area contributed by atoms with Crippen LogP contribution >= 0.6 is 24.8 Å². The largest absolute Gasteiger partial charge is 0.293 e. The van der Waals surface area contributed by atoms with Crippen LogP contribution in [0.25, 0.3) is 0 Å². The van der Waals surface area contributed by atoms with E-state index < -0.39 is 26.9 Å². The van der Waals surface area contributed by atoms with Crippen molar-refractivity contribution in [3.8, 4) is 0 Å². The van der Waals surface area contributed by atoms with Crippen molar-refractivity contribution in [2.45, 2.75) is 12.8 Å². The second-order valence-electron chi connectivity index (χ2n) is 4.40. The van der Waals surface area contributed by atoms with E-state index in [2.05, 4.69) is 18.1 Å². The minimum absolute atomic E-state index is 0.276. The van der Waals surface area contributed by atoms with Gasteiger partial charge in [-0.25, -0.2) is 8.42 Å². The van der Waals surface area contributed by atoms with Crippen LogP contribution in [0, 0.1) is 5.92 Å². The molecule has 0 heterocycles. The molecule has 0 aliphatic heterocycles. The molecule has 20 heavy (non-hydrogen) atoms. The first-order chi connectivity index (χ1) is 9.12. The number of hydrazine groups is 2. The Kier molecular flexibility index (Phi) is 5.74. The predicted octanol–water partition coefficient (Wildman–Crippen LogP) is -0.497. The Morgan fingerprint density at radius 2 is 1.85 bits per heavy atom. The molecule has 0 aromatic rings. The van der Waals surface area contributed by atoms with Gasteiger partial charge < -0.3 is 0 Å². The number of sulfonamides is 1. The fourth-order valence-corrected chi connectivity index (χ4v) is 2.70. The Balaban J connectivity index is 2.48. The first-order valence-corrected chi connectivity index (χ1v) is 8.17. The summed E-state index contributed by atoms with van der Waals surface area (Å²) in [5, 5.41) is 1.21. The maximum atomic E-state index is 11.6. The maximum absolute atomic E-state index is 11.6. The summed E-state index contributed by atoms with van der Waals surface area (Å²) in [7, 11) is -1.24. The average Bonchev–Trinajstić information content (AvgIpc) is 3.09. The number of hydrogen-bond acceptors (Lipinski definition) is 5. The first-order valence-electron chi connectivity index (χ1n) is 5.66. The lowest BCUT2D eigenvalue weighted by Crippen LogP contribution is -2.49. The molecule has 1 fully saturated rings. The number of rotatable bonds is 5. The summed E-state index contributed by atoms with van der Waals surface area (Å²) in [6, 6.07) is 0. The van der Waals surface area contributed by atoms with Crippen molar-refractivity contribution in [3.05, 3.63) is 0 Å². The van der Waals surface area contributed by atoms with Crippen molar-refractivity contribution >= 4 is 51.0 Å². The summed E-state index contributed by atoms with van der Waals surface area (Å²) in [5.41, 5.74) is 2.37. The summed E-state index contributed by atoms with van der Waals surface area (Å²) in [4.78, 5) is 24.9. The van der Waals surface area contributed by atoms with Crippen LogP contribution in [0.15, 0.2) is 0 Å². The van der Waals surface area contributed by atoms with Crippen LogP contribution in [0.4, 0.5) is 4.79 Å². The number of amides is 2. The van der Waals surface area contributed by atoms with E-state index >= 15 is 0 Å². The van der Waals surface area contributed by atoms with Crippen LogP contribution in [-0.2, 0) is 14.8 Å². The predicted molar refractivity (Wildman–Crippen MR) is 80.3 cm³/mol. The Morgan fingerprint density at radius 1 is 1.30 bits per heavy atom. The topological polar surface area (TPSA) is 98.8 Å². The average molecular weight is 340 g/mol. The van der Waals surface area contributed by atoms with E-state index in [1.807, 2.05) is 4.83 Å². The molecule has 2 N–H and O–H groups in total. The lowest BCUT2D eigenvalue weighted by Gasteiger charge is -2.21. The number of thiol groups is 1. The van der Waals surface area contributed by atoms with Gasteiger partial charge in [0, 0.05) is 20.0 Å². The van der Waals surface area contributed by atoms with Gasteiger partial charge in [-0.05, 0) is 12.8 Å². The fourth-order valence-electron chi connectivity index (χ4n) is 1.33. The van der Waals surface area contributed by atoms with Gasteiger partial charge in [0.25, 0.3) is 11.1 Å². The van der Waals surface area contributed by atoms with E-state index in [4.69, 9.17) is 12.2 Å². The summed E-state index contributed by atoms with van der Waals surface area (Å²) < 4.78 is 23.2. The molecule has 1 aliphatic rings. The molecule has 0 radical (unpaired) electrons. The Bertz CT molecular complexity index is 517. The quantitative estimate of drug-likeness (QED) is 0.355. The van der Waals surface area contributed by atoms with Gasteiger partial charge in [0.1, 0.15) is 5.75 Å². The van der Waals surface area contributed by atoms with Gasteiger partial charge in [-0.1, -0.05) is 24.8 Å². The number of nitrogens with one attached hydrogen (secondary N) is 2. The molecule has 0 saturated heterocycles. The smallest absolute Gasteiger partial charge is 0.282 e. The van der Waals surface area contributed by atoms with Gasteiger partial charge in [-0.3, -0.25) is 25.0 Å². The molecule has 0 bridgehead atoms. The van der Waals surface area contributed by atoms with Gasteiger partial charge >= 0.3 is 0 Å². The van der Waals surface area contributed by atoms with Gasteiger partial charge in [-0.15, -0.1) is 4.83 Å². The van der Waals surface area contributed by atoms with Crippen LogP contribution in [-0.4, -0.2) is 54.4 Å².